The second-order valence-electron chi connectivity index (χ2n) is 14.5. The molecule has 0 aliphatic rings. The molecule has 7 atom stereocenters. The highest BCUT2D eigenvalue weighted by Crippen LogP contribution is 2.08. The number of hydrogen-bond acceptors (Lipinski definition) is 15. The van der Waals surface area contributed by atoms with Crippen molar-refractivity contribution in [2.45, 2.75) is 139 Å². The van der Waals surface area contributed by atoms with Crippen molar-refractivity contribution in [3.8, 4) is 0 Å². The Morgan fingerprint density at radius 2 is 0.418 bits per heavy atom. The number of rotatable bonds is 35. The van der Waals surface area contributed by atoms with E-state index >= 15 is 0 Å². The summed E-state index contributed by atoms with van der Waals surface area (Å²) in [5.74, 6) is -19.4. The first kappa shape index (κ1) is 59.0. The molecule has 0 aromatic carbocycles. The van der Waals surface area contributed by atoms with Crippen LogP contribution in [0.5, 0.6) is 0 Å². The Kier molecular flexibility index (Phi) is 26.6. The topological polar surface area (TPSA) is 502 Å². The van der Waals surface area contributed by atoms with Gasteiger partial charge < -0.3 is 78.1 Å². The van der Waals surface area contributed by atoms with Crippen molar-refractivity contribution < 1.29 is 113 Å². The van der Waals surface area contributed by atoms with Crippen molar-refractivity contribution in [2.24, 2.45) is 0 Å². The summed E-state index contributed by atoms with van der Waals surface area (Å²) in [4.78, 5) is 177. The standard InChI is InChI=1S/C37H53N7O23/c1-16(45)38-17(31(54)55)2-9-24(46)39-18(32(56)57)3-10-25(47)40-19(33(58)59)4-11-26(48)41-20(34(60)61)5-12-27(49)42-21(35(62)63)6-13-28(50)43-22(36(64)65)7-14-29(51)44-23(37(66)67)8-15-30(52)53/h17-23H,2-15H2,1H3,(H,38,45)(H,39,46)(H,40,47)(H,41,48)(H,42,49)(H,43,50)(H,44,51)(H,52,53)(H,54,55)(H,56,57)(H,58,59)(H,60,61)(H,62,63)(H,64,65)(H,66,67)/t17-,18-,19-,20-,21-,22-,23-/m0/s1. The van der Waals surface area contributed by atoms with Gasteiger partial charge in [0.25, 0.3) is 0 Å². The molecule has 15 N–H and O–H groups in total. The third-order valence-electron chi connectivity index (χ3n) is 9.08. The summed E-state index contributed by atoms with van der Waals surface area (Å²) in [6.45, 7) is 1.04. The summed E-state index contributed by atoms with van der Waals surface area (Å²) >= 11 is 0. The lowest BCUT2D eigenvalue weighted by Gasteiger charge is -2.19. The first-order valence-corrected chi connectivity index (χ1v) is 20.0. The molecular formula is C37H53N7O23. The van der Waals surface area contributed by atoms with Crippen LogP contribution in [0.2, 0.25) is 0 Å². The third kappa shape index (κ3) is 26.4. The number of carboxylic acids is 8. The van der Waals surface area contributed by atoms with Gasteiger partial charge in [0.15, 0.2) is 0 Å². The number of amides is 7. The molecule has 30 heteroatoms. The van der Waals surface area contributed by atoms with Crippen molar-refractivity contribution >= 4 is 89.1 Å². The van der Waals surface area contributed by atoms with E-state index in [2.05, 4.69) is 10.6 Å². The van der Waals surface area contributed by atoms with Crippen molar-refractivity contribution in [1.82, 2.24) is 37.2 Å². The van der Waals surface area contributed by atoms with Gasteiger partial charge in [-0.05, 0) is 44.9 Å². The molecule has 7 amide bonds. The summed E-state index contributed by atoms with van der Waals surface area (Å²) in [5.41, 5.74) is 0. The van der Waals surface area contributed by atoms with Crippen LogP contribution in [0.15, 0.2) is 0 Å². The average Bonchev–Trinajstić information content (AvgIpc) is 3.21. The van der Waals surface area contributed by atoms with E-state index in [0.29, 0.717) is 0 Å². The first-order chi connectivity index (χ1) is 31.1. The van der Waals surface area contributed by atoms with E-state index in [1.165, 1.54) is 0 Å². The van der Waals surface area contributed by atoms with Crippen LogP contribution in [0.25, 0.3) is 0 Å². The lowest BCUT2D eigenvalue weighted by molar-refractivity contribution is -0.144. The maximum atomic E-state index is 12.6. The van der Waals surface area contributed by atoms with Crippen LogP contribution in [0.1, 0.15) is 96.8 Å². The lowest BCUT2D eigenvalue weighted by Crippen LogP contribution is -2.46. The Labute approximate surface area is 378 Å². The Balaban J connectivity index is 5.14. The van der Waals surface area contributed by atoms with Crippen molar-refractivity contribution in [2.75, 3.05) is 0 Å². The highest BCUT2D eigenvalue weighted by Gasteiger charge is 2.29. The molecule has 30 nitrogen and oxygen atoms in total. The van der Waals surface area contributed by atoms with Crippen LogP contribution in [0.3, 0.4) is 0 Å². The van der Waals surface area contributed by atoms with E-state index in [1.54, 1.807) is 0 Å². The fourth-order valence-electron chi connectivity index (χ4n) is 5.57. The second kappa shape index (κ2) is 30.2. The highest BCUT2D eigenvalue weighted by atomic mass is 16.4. The quantitative estimate of drug-likeness (QED) is 0.0285. The van der Waals surface area contributed by atoms with E-state index in [-0.39, 0.29) is 0 Å². The third-order valence-corrected chi connectivity index (χ3v) is 9.08. The number of carbonyl (C=O) groups excluding carboxylic acids is 7. The second-order valence-corrected chi connectivity index (χ2v) is 14.5. The van der Waals surface area contributed by atoms with Crippen LogP contribution in [-0.2, 0) is 71.9 Å². The Morgan fingerprint density at radius 3 is 0.552 bits per heavy atom. The van der Waals surface area contributed by atoms with Gasteiger partial charge in [0.1, 0.15) is 42.3 Å². The van der Waals surface area contributed by atoms with E-state index in [0.717, 1.165) is 6.92 Å². The van der Waals surface area contributed by atoms with Crippen LogP contribution in [0.4, 0.5) is 0 Å². The molecule has 0 aromatic rings. The largest absolute Gasteiger partial charge is 0.481 e. The summed E-state index contributed by atoms with van der Waals surface area (Å²) in [5, 5.41) is 88.9. The van der Waals surface area contributed by atoms with Crippen LogP contribution in [0, 0.1) is 0 Å². The number of hydrogen-bond donors (Lipinski definition) is 15. The molecule has 0 spiro atoms. The minimum atomic E-state index is -1.79. The predicted octanol–water partition coefficient (Wildman–Crippen LogP) is -4.46. The summed E-state index contributed by atoms with van der Waals surface area (Å²) in [6, 6.07) is -11.8. The zero-order chi connectivity index (χ0) is 51.6. The highest BCUT2D eigenvalue weighted by molar-refractivity contribution is 5.90. The normalized spacial score (nSPS) is 13.7. The summed E-state index contributed by atoms with van der Waals surface area (Å²) < 4.78 is 0. The number of carboxylic acid groups (broad SMARTS) is 8. The fraction of sp³-hybridized carbons (Fsp3) is 0.595. The van der Waals surface area contributed by atoms with Gasteiger partial charge in [0.2, 0.25) is 41.4 Å². The SMILES string of the molecule is CC(=O)N[C@@H](CCC(=O)N[C@@H](CCC(=O)N[C@@H](CCC(=O)N[C@@H](CCC(=O)N[C@@H](CCC(=O)N[C@@H](CCC(=O)N[C@@H](CCC(=O)O)C(=O)O)C(=O)O)C(=O)O)C(=O)O)C(=O)O)C(=O)O)C(=O)O. The molecule has 0 fully saturated rings. The Hall–Kier alpha value is -7.95. The van der Waals surface area contributed by atoms with E-state index in [9.17, 15) is 97.5 Å². The molecule has 0 bridgehead atoms. The number of nitrogens with one attached hydrogen (secondary N) is 7. The minimum absolute atomic E-state index is 0.402. The van der Waals surface area contributed by atoms with Gasteiger partial charge in [0, 0.05) is 51.9 Å². The van der Waals surface area contributed by atoms with Crippen molar-refractivity contribution in [3.63, 3.8) is 0 Å². The summed E-state index contributed by atoms with van der Waals surface area (Å²) in [7, 11) is 0. The zero-order valence-corrected chi connectivity index (χ0v) is 35.6. The average molecular weight is 964 g/mol. The molecule has 0 aliphatic carbocycles. The maximum absolute atomic E-state index is 12.6. The van der Waals surface area contributed by atoms with E-state index < -0.39 is 221 Å². The molecule has 0 saturated carbocycles. The van der Waals surface area contributed by atoms with Crippen molar-refractivity contribution in [3.05, 3.63) is 0 Å². The van der Waals surface area contributed by atoms with Crippen LogP contribution < -0.4 is 37.2 Å². The fourth-order valence-corrected chi connectivity index (χ4v) is 5.57. The molecular weight excluding hydrogens is 910 g/mol. The van der Waals surface area contributed by atoms with Crippen molar-refractivity contribution in [1.29, 1.82) is 0 Å². The lowest BCUT2D eigenvalue weighted by atomic mass is 10.1. The molecule has 67 heavy (non-hydrogen) atoms. The molecule has 0 unspecified atom stereocenters. The van der Waals surface area contributed by atoms with Gasteiger partial charge in [-0.25, -0.2) is 33.6 Å². The molecule has 0 heterocycles. The molecule has 0 saturated heterocycles. The monoisotopic (exact) mass is 963 g/mol. The van der Waals surface area contributed by atoms with Crippen LogP contribution >= 0.6 is 0 Å². The van der Waals surface area contributed by atoms with Gasteiger partial charge in [-0.15, -0.1) is 0 Å². The molecule has 374 valence electrons. The molecule has 0 rings (SSSR count). The van der Waals surface area contributed by atoms with Gasteiger partial charge in [-0.1, -0.05) is 0 Å². The zero-order valence-electron chi connectivity index (χ0n) is 35.6. The number of carbonyl (C=O) groups is 15. The Bertz CT molecular complexity index is 1890. The predicted molar refractivity (Wildman–Crippen MR) is 215 cm³/mol. The molecule has 0 radical (unpaired) electrons. The summed E-state index contributed by atoms with van der Waals surface area (Å²) in [6.07, 6.45) is -8.45. The van der Waals surface area contributed by atoms with E-state index in [4.69, 9.17) is 15.3 Å². The molecule has 0 aromatic heterocycles. The minimum Gasteiger partial charge on any atom is -0.481 e. The Morgan fingerprint density at radius 1 is 0.269 bits per heavy atom. The first-order valence-electron chi connectivity index (χ1n) is 20.0. The van der Waals surface area contributed by atoms with E-state index in [1.807, 2.05) is 26.6 Å². The van der Waals surface area contributed by atoms with Gasteiger partial charge in [-0.2, -0.15) is 0 Å². The van der Waals surface area contributed by atoms with Gasteiger partial charge >= 0.3 is 47.8 Å². The smallest absolute Gasteiger partial charge is 0.326 e. The molecule has 0 aliphatic heterocycles. The van der Waals surface area contributed by atoms with Gasteiger partial charge in [0.05, 0.1) is 0 Å². The van der Waals surface area contributed by atoms with Crippen LogP contribution in [-0.4, -0.2) is 172 Å². The number of aliphatic carboxylic acids is 8. The maximum Gasteiger partial charge on any atom is 0.326 e. The van der Waals surface area contributed by atoms with Gasteiger partial charge in [-0.3, -0.25) is 38.4 Å².